The predicted molar refractivity (Wildman–Crippen MR) is 57.3 cm³/mol. The number of nitrogens with zero attached hydrogens (tertiary/aromatic N) is 1. The maximum atomic E-state index is 13.4. The average Bonchev–Trinajstić information content (AvgIpc) is 2.33. The standard InChI is InChI=1S/C11H14F3NO4/c1-3-18-11(17,19-4-2)8(16)6-5-7(12)10(14)15-9(6)13/h5,8,16-17H,3-4H2,1-2H3. The highest BCUT2D eigenvalue weighted by molar-refractivity contribution is 5.17. The minimum Gasteiger partial charge on any atom is -0.380 e. The van der Waals surface area contributed by atoms with E-state index < -0.39 is 35.4 Å². The minimum absolute atomic E-state index is 0.0632. The molecule has 0 aromatic carbocycles. The molecule has 0 saturated carbocycles. The molecule has 0 aliphatic heterocycles. The van der Waals surface area contributed by atoms with Gasteiger partial charge < -0.3 is 19.7 Å². The molecule has 1 aromatic heterocycles. The van der Waals surface area contributed by atoms with E-state index in [2.05, 4.69) is 4.98 Å². The van der Waals surface area contributed by atoms with Crippen LogP contribution in [0.5, 0.6) is 0 Å². The van der Waals surface area contributed by atoms with Crippen LogP contribution in [0.2, 0.25) is 0 Å². The highest BCUT2D eigenvalue weighted by Crippen LogP contribution is 2.30. The van der Waals surface area contributed by atoms with Gasteiger partial charge >= 0.3 is 5.97 Å². The maximum absolute atomic E-state index is 13.4. The van der Waals surface area contributed by atoms with Crippen molar-refractivity contribution in [3.8, 4) is 0 Å². The van der Waals surface area contributed by atoms with Crippen molar-refractivity contribution in [3.63, 3.8) is 0 Å². The summed E-state index contributed by atoms with van der Waals surface area (Å²) in [6, 6.07) is 0.380. The van der Waals surface area contributed by atoms with Crippen LogP contribution in [0.3, 0.4) is 0 Å². The number of ether oxygens (including phenoxy) is 2. The summed E-state index contributed by atoms with van der Waals surface area (Å²) >= 11 is 0. The zero-order chi connectivity index (χ0) is 14.6. The summed E-state index contributed by atoms with van der Waals surface area (Å²) < 4.78 is 48.6. The molecule has 0 spiro atoms. The molecular weight excluding hydrogens is 267 g/mol. The van der Waals surface area contributed by atoms with Crippen molar-refractivity contribution in [1.82, 2.24) is 4.98 Å². The van der Waals surface area contributed by atoms with Crippen LogP contribution in [0.4, 0.5) is 13.2 Å². The zero-order valence-corrected chi connectivity index (χ0v) is 10.4. The SMILES string of the molecule is CCOC(O)(OCC)C(O)c1cc(F)c(F)nc1F. The summed E-state index contributed by atoms with van der Waals surface area (Å²) in [7, 11) is 0. The molecule has 0 fully saturated rings. The molecule has 1 aromatic rings. The molecule has 2 N–H and O–H groups in total. The lowest BCUT2D eigenvalue weighted by Crippen LogP contribution is -2.43. The quantitative estimate of drug-likeness (QED) is 0.606. The van der Waals surface area contributed by atoms with Gasteiger partial charge in [0.25, 0.3) is 5.95 Å². The molecule has 8 heteroatoms. The van der Waals surface area contributed by atoms with Gasteiger partial charge in [-0.15, -0.1) is 0 Å². The van der Waals surface area contributed by atoms with Crippen molar-refractivity contribution < 1.29 is 32.9 Å². The number of hydrogen-bond donors (Lipinski definition) is 2. The van der Waals surface area contributed by atoms with Crippen LogP contribution in [-0.2, 0) is 9.47 Å². The highest BCUT2D eigenvalue weighted by atomic mass is 19.2. The maximum Gasteiger partial charge on any atom is 0.312 e. The molecule has 108 valence electrons. The Morgan fingerprint density at radius 2 is 1.74 bits per heavy atom. The van der Waals surface area contributed by atoms with E-state index >= 15 is 0 Å². The third-order valence-corrected chi connectivity index (χ3v) is 2.26. The van der Waals surface area contributed by atoms with Crippen molar-refractivity contribution in [1.29, 1.82) is 0 Å². The summed E-state index contributed by atoms with van der Waals surface area (Å²) in [6.07, 6.45) is -2.09. The Kier molecular flexibility index (Phi) is 5.24. The van der Waals surface area contributed by atoms with Gasteiger partial charge in [-0.25, -0.2) is 4.39 Å². The average molecular weight is 281 g/mol. The molecule has 19 heavy (non-hydrogen) atoms. The first-order chi connectivity index (χ1) is 8.85. The van der Waals surface area contributed by atoms with Crippen LogP contribution in [0.1, 0.15) is 25.5 Å². The summed E-state index contributed by atoms with van der Waals surface area (Å²) in [5, 5.41) is 19.7. The smallest absolute Gasteiger partial charge is 0.312 e. The minimum atomic E-state index is -2.57. The van der Waals surface area contributed by atoms with E-state index in [0.29, 0.717) is 6.07 Å². The number of rotatable bonds is 6. The summed E-state index contributed by atoms with van der Waals surface area (Å²) in [4.78, 5) is 2.64. The van der Waals surface area contributed by atoms with E-state index in [9.17, 15) is 23.4 Å². The highest BCUT2D eigenvalue weighted by Gasteiger charge is 2.41. The van der Waals surface area contributed by atoms with E-state index in [-0.39, 0.29) is 13.2 Å². The molecule has 1 unspecified atom stereocenters. The van der Waals surface area contributed by atoms with Gasteiger partial charge in [-0.3, -0.25) is 0 Å². The topological polar surface area (TPSA) is 71.8 Å². The van der Waals surface area contributed by atoms with Crippen LogP contribution < -0.4 is 0 Å². The van der Waals surface area contributed by atoms with Gasteiger partial charge in [0.05, 0.1) is 0 Å². The molecular formula is C11H14F3NO4. The Bertz CT molecular complexity index is 438. The van der Waals surface area contributed by atoms with Crippen LogP contribution in [0.15, 0.2) is 6.07 Å². The van der Waals surface area contributed by atoms with Crippen molar-refractivity contribution >= 4 is 0 Å². The summed E-state index contributed by atoms with van der Waals surface area (Å²) in [5.74, 6) is -7.16. The van der Waals surface area contributed by atoms with Crippen LogP contribution in [0, 0.1) is 17.7 Å². The van der Waals surface area contributed by atoms with E-state index in [1.807, 2.05) is 0 Å². The monoisotopic (exact) mass is 281 g/mol. The van der Waals surface area contributed by atoms with Gasteiger partial charge in [-0.2, -0.15) is 13.8 Å². The zero-order valence-electron chi connectivity index (χ0n) is 10.4. The van der Waals surface area contributed by atoms with Gasteiger partial charge in [0, 0.05) is 18.8 Å². The number of aliphatic hydroxyl groups excluding tert-OH is 1. The van der Waals surface area contributed by atoms with Crippen molar-refractivity contribution in [2.75, 3.05) is 13.2 Å². The fourth-order valence-corrected chi connectivity index (χ4v) is 1.46. The first kappa shape index (κ1) is 15.8. The third-order valence-electron chi connectivity index (χ3n) is 2.26. The van der Waals surface area contributed by atoms with E-state index in [0.717, 1.165) is 0 Å². The van der Waals surface area contributed by atoms with Crippen molar-refractivity contribution in [3.05, 3.63) is 29.3 Å². The van der Waals surface area contributed by atoms with Crippen molar-refractivity contribution in [2.24, 2.45) is 0 Å². The molecule has 0 aliphatic carbocycles. The Hall–Kier alpha value is -1.22. The molecule has 0 aliphatic rings. The van der Waals surface area contributed by atoms with Gasteiger partial charge in [0.15, 0.2) is 11.9 Å². The predicted octanol–water partition coefficient (Wildman–Crippen LogP) is 1.25. The lowest BCUT2D eigenvalue weighted by molar-refractivity contribution is -0.396. The fraction of sp³-hybridized carbons (Fsp3) is 0.545. The second-order valence-electron chi connectivity index (χ2n) is 3.54. The Balaban J connectivity index is 3.16. The molecule has 1 heterocycles. The normalized spacial score (nSPS) is 13.6. The largest absolute Gasteiger partial charge is 0.380 e. The first-order valence-corrected chi connectivity index (χ1v) is 5.55. The van der Waals surface area contributed by atoms with Crippen LogP contribution in [-0.4, -0.2) is 34.4 Å². The number of halogens is 3. The number of aliphatic hydroxyl groups is 2. The molecule has 1 atom stereocenters. The Labute approximate surface area is 107 Å². The molecule has 0 saturated heterocycles. The molecule has 5 nitrogen and oxygen atoms in total. The lowest BCUT2D eigenvalue weighted by atomic mass is 10.1. The van der Waals surface area contributed by atoms with Gasteiger partial charge in [-0.1, -0.05) is 0 Å². The van der Waals surface area contributed by atoms with Crippen LogP contribution in [0.25, 0.3) is 0 Å². The summed E-state index contributed by atoms with van der Waals surface area (Å²) in [6.45, 7) is 2.87. The lowest BCUT2D eigenvalue weighted by Gasteiger charge is -2.31. The van der Waals surface area contributed by atoms with E-state index in [4.69, 9.17) is 9.47 Å². The van der Waals surface area contributed by atoms with E-state index in [1.165, 1.54) is 13.8 Å². The molecule has 0 bridgehead atoms. The third kappa shape index (κ3) is 3.41. The Morgan fingerprint density at radius 3 is 2.21 bits per heavy atom. The van der Waals surface area contributed by atoms with E-state index in [1.54, 1.807) is 0 Å². The molecule has 0 amide bonds. The number of pyridine rings is 1. The number of hydrogen-bond acceptors (Lipinski definition) is 5. The van der Waals surface area contributed by atoms with Crippen molar-refractivity contribution in [2.45, 2.75) is 25.9 Å². The van der Waals surface area contributed by atoms with Gasteiger partial charge in [0.1, 0.15) is 0 Å². The Morgan fingerprint density at radius 1 is 1.21 bits per heavy atom. The number of aromatic nitrogens is 1. The second-order valence-corrected chi connectivity index (χ2v) is 3.54. The second kappa shape index (κ2) is 6.29. The molecule has 0 radical (unpaired) electrons. The molecule has 1 rings (SSSR count). The van der Waals surface area contributed by atoms with Gasteiger partial charge in [-0.05, 0) is 19.9 Å². The summed E-state index contributed by atoms with van der Waals surface area (Å²) in [5.41, 5.74) is -0.775. The fourth-order valence-electron chi connectivity index (χ4n) is 1.46. The first-order valence-electron chi connectivity index (χ1n) is 5.55. The van der Waals surface area contributed by atoms with Crippen LogP contribution >= 0.6 is 0 Å². The van der Waals surface area contributed by atoms with Gasteiger partial charge in [0.2, 0.25) is 5.95 Å².